The molecule has 72 valence electrons. The molecule has 0 saturated carbocycles. The summed E-state index contributed by atoms with van der Waals surface area (Å²) in [4.78, 5) is 0.0320. The van der Waals surface area contributed by atoms with Crippen LogP contribution in [0.3, 0.4) is 0 Å². The Bertz CT molecular complexity index is 385. The van der Waals surface area contributed by atoms with Gasteiger partial charge in [0.05, 0.1) is 0 Å². The van der Waals surface area contributed by atoms with Gasteiger partial charge >= 0.3 is 59.1 Å². The first kappa shape index (κ1) is 19.1. The quantitative estimate of drug-likeness (QED) is 0.333. The molecule has 4 nitrogen and oxygen atoms in total. The molecule has 0 heterocycles. The normalized spacial score (nSPS) is 13.3. The molecule has 0 bridgehead atoms. The van der Waals surface area contributed by atoms with Crippen LogP contribution in [0.1, 0.15) is 0 Å². The van der Waals surface area contributed by atoms with Crippen molar-refractivity contribution < 1.29 is 76.6 Å². The fourth-order valence-electron chi connectivity index (χ4n) is 0.732. The molecule has 0 N–H and O–H groups in total. The molecule has 0 radical (unpaired) electrons. The van der Waals surface area contributed by atoms with Crippen LogP contribution in [0.2, 0.25) is 0 Å². The summed E-state index contributed by atoms with van der Waals surface area (Å²) in [5.74, 6) is 0. The summed E-state index contributed by atoms with van der Waals surface area (Å²) in [6, 6.07) is 3.65. The first-order valence-corrected chi connectivity index (χ1v) is 5.63. The second-order valence-electron chi connectivity index (χ2n) is 2.10. The third-order valence-corrected chi connectivity index (χ3v) is 3.18. The van der Waals surface area contributed by atoms with Gasteiger partial charge in [-0.25, -0.2) is 0 Å². The van der Waals surface area contributed by atoms with E-state index in [0.29, 0.717) is 0 Å². The molecule has 9 heteroatoms. The average Bonchev–Trinajstić information content (AvgIpc) is 2.04. The van der Waals surface area contributed by atoms with Crippen molar-refractivity contribution in [1.29, 1.82) is 0 Å². The second-order valence-corrected chi connectivity index (χ2v) is 4.43. The van der Waals surface area contributed by atoms with Gasteiger partial charge in [0.1, 0.15) is 0 Å². The van der Waals surface area contributed by atoms with Gasteiger partial charge in [0.2, 0.25) is 0 Å². The smallest absolute Gasteiger partial charge is 0.768 e. The molecule has 0 saturated heterocycles. The number of hydrogen-bond donors (Lipinski definition) is 1. The van der Waals surface area contributed by atoms with Gasteiger partial charge in [-0.15, -0.1) is 12.6 Å². The van der Waals surface area contributed by atoms with Crippen LogP contribution in [-0.4, -0.2) is 17.5 Å². The summed E-state index contributed by atoms with van der Waals surface area (Å²) in [7, 11) is 0. The summed E-state index contributed by atoms with van der Waals surface area (Å²) in [6.45, 7) is 0. The molecule has 1 aromatic carbocycles. The van der Waals surface area contributed by atoms with Crippen LogP contribution in [0.15, 0.2) is 32.9 Å². The standard InChI is InChI=1S/C6H6O4S3.2Na/c7-12(8)4-1-2-5(11)6(3-4)13(9)10;;/h1-3,11H,(H,7,8)(H,9,10);;/q;2*+1/p-2. The molecule has 0 aromatic heterocycles. The number of benzene rings is 1. The van der Waals surface area contributed by atoms with E-state index < -0.39 is 22.2 Å². The van der Waals surface area contributed by atoms with Gasteiger partial charge in [-0.2, -0.15) is 0 Å². The van der Waals surface area contributed by atoms with Crippen molar-refractivity contribution in [2.75, 3.05) is 0 Å². The van der Waals surface area contributed by atoms with Crippen molar-refractivity contribution in [2.45, 2.75) is 14.7 Å². The van der Waals surface area contributed by atoms with Crippen molar-refractivity contribution in [2.24, 2.45) is 0 Å². The average molecular weight is 282 g/mol. The molecular weight excluding hydrogens is 278 g/mol. The zero-order valence-corrected chi connectivity index (χ0v) is 14.7. The van der Waals surface area contributed by atoms with E-state index in [2.05, 4.69) is 12.6 Å². The summed E-state index contributed by atoms with van der Waals surface area (Å²) in [5.41, 5.74) is 0. The van der Waals surface area contributed by atoms with E-state index in [-0.39, 0.29) is 73.8 Å². The zero-order valence-electron chi connectivity index (χ0n) is 8.13. The number of rotatable bonds is 2. The summed E-state index contributed by atoms with van der Waals surface area (Å²) < 4.78 is 42.0. The fourth-order valence-corrected chi connectivity index (χ4v) is 2.02. The van der Waals surface area contributed by atoms with Crippen LogP contribution in [0.5, 0.6) is 0 Å². The minimum Gasteiger partial charge on any atom is -0.768 e. The summed E-state index contributed by atoms with van der Waals surface area (Å²) in [5, 5.41) is 0. The van der Waals surface area contributed by atoms with Crippen LogP contribution >= 0.6 is 12.6 Å². The Morgan fingerprint density at radius 3 is 2.00 bits per heavy atom. The molecule has 0 aliphatic heterocycles. The van der Waals surface area contributed by atoms with Gasteiger partial charge in [-0.1, -0.05) is 0 Å². The van der Waals surface area contributed by atoms with Crippen molar-refractivity contribution in [1.82, 2.24) is 0 Å². The molecular formula is C6H4Na2O4S3. The molecule has 1 aromatic rings. The molecule has 0 spiro atoms. The zero-order chi connectivity index (χ0) is 10.0. The molecule has 2 unspecified atom stereocenters. The van der Waals surface area contributed by atoms with Crippen molar-refractivity contribution >= 4 is 34.8 Å². The van der Waals surface area contributed by atoms with Gasteiger partial charge in [0.25, 0.3) is 0 Å². The molecule has 0 fully saturated rings. The third-order valence-electron chi connectivity index (χ3n) is 1.30. The maximum atomic E-state index is 10.5. The van der Waals surface area contributed by atoms with Gasteiger partial charge in [0, 0.05) is 14.7 Å². The predicted octanol–water partition coefficient (Wildman–Crippen LogP) is -5.54. The van der Waals surface area contributed by atoms with Crippen molar-refractivity contribution in [3.8, 4) is 0 Å². The van der Waals surface area contributed by atoms with E-state index in [9.17, 15) is 17.5 Å². The molecule has 0 aliphatic rings. The summed E-state index contributed by atoms with van der Waals surface area (Å²) in [6.07, 6.45) is 0. The summed E-state index contributed by atoms with van der Waals surface area (Å²) >= 11 is -1.03. The van der Waals surface area contributed by atoms with Crippen LogP contribution in [0.4, 0.5) is 0 Å². The van der Waals surface area contributed by atoms with E-state index in [1.807, 2.05) is 0 Å². The van der Waals surface area contributed by atoms with Crippen molar-refractivity contribution in [3.05, 3.63) is 18.2 Å². The molecule has 1 rings (SSSR count). The van der Waals surface area contributed by atoms with E-state index in [1.165, 1.54) is 12.1 Å². The third kappa shape index (κ3) is 5.78. The Morgan fingerprint density at radius 2 is 1.60 bits per heavy atom. The number of thiol groups is 1. The minimum atomic E-state index is -2.47. The second kappa shape index (κ2) is 8.82. The Morgan fingerprint density at radius 1 is 1.07 bits per heavy atom. The fraction of sp³-hybridized carbons (Fsp3) is 0. The molecule has 15 heavy (non-hydrogen) atoms. The number of hydrogen-bond acceptors (Lipinski definition) is 5. The van der Waals surface area contributed by atoms with Gasteiger partial charge in [-0.05, 0) is 40.4 Å². The first-order chi connectivity index (χ1) is 6.02. The Balaban J connectivity index is 0. The predicted molar refractivity (Wildman–Crippen MR) is 48.1 cm³/mol. The van der Waals surface area contributed by atoms with Crippen molar-refractivity contribution in [3.63, 3.8) is 0 Å². The Labute approximate surface area is 142 Å². The Kier molecular flexibility index (Phi) is 11.3. The maximum absolute atomic E-state index is 10.5. The molecule has 0 aliphatic carbocycles. The van der Waals surface area contributed by atoms with E-state index >= 15 is 0 Å². The minimum absolute atomic E-state index is 0. The first-order valence-electron chi connectivity index (χ1n) is 3.04. The Hall–Kier alpha value is 1.79. The van der Waals surface area contributed by atoms with E-state index in [1.54, 1.807) is 0 Å². The monoisotopic (exact) mass is 282 g/mol. The van der Waals surface area contributed by atoms with Gasteiger partial charge < -0.3 is 9.11 Å². The molecule has 0 amide bonds. The van der Waals surface area contributed by atoms with E-state index in [4.69, 9.17) is 0 Å². The van der Waals surface area contributed by atoms with Crippen LogP contribution in [0.25, 0.3) is 0 Å². The van der Waals surface area contributed by atoms with Crippen LogP contribution in [0, 0.1) is 0 Å². The SMILES string of the molecule is O=S([O-])c1ccc(S)c(S(=O)[O-])c1.[Na+].[Na+]. The van der Waals surface area contributed by atoms with Gasteiger partial charge in [0.15, 0.2) is 0 Å². The van der Waals surface area contributed by atoms with Gasteiger partial charge in [-0.3, -0.25) is 8.42 Å². The van der Waals surface area contributed by atoms with Crippen LogP contribution in [-0.2, 0) is 22.2 Å². The molecule has 2 atom stereocenters. The maximum Gasteiger partial charge on any atom is 1.00 e. The van der Waals surface area contributed by atoms with E-state index in [0.717, 1.165) is 6.07 Å². The van der Waals surface area contributed by atoms with Crippen LogP contribution < -0.4 is 59.1 Å². The largest absolute Gasteiger partial charge is 1.00 e. The topological polar surface area (TPSA) is 80.3 Å².